The van der Waals surface area contributed by atoms with Gasteiger partial charge in [0.05, 0.1) is 18.4 Å². The molecule has 3 rings (SSSR count). The zero-order chi connectivity index (χ0) is 17.8. The number of rotatable bonds is 4. The molecule has 26 heavy (non-hydrogen) atoms. The van der Waals surface area contributed by atoms with Crippen molar-refractivity contribution in [3.63, 3.8) is 0 Å². The van der Waals surface area contributed by atoms with Crippen LogP contribution in [0.3, 0.4) is 0 Å². The van der Waals surface area contributed by atoms with Crippen molar-refractivity contribution < 1.29 is 14.0 Å². The lowest BCUT2D eigenvalue weighted by atomic mass is 10.00. The highest BCUT2D eigenvalue weighted by molar-refractivity contribution is 14.0. The fraction of sp³-hybridized carbons (Fsp3) is 0.778. The molecule has 3 unspecified atom stereocenters. The zero-order valence-corrected chi connectivity index (χ0v) is 18.5. The van der Waals surface area contributed by atoms with E-state index in [1.807, 2.05) is 20.9 Å². The minimum Gasteiger partial charge on any atom is -0.375 e. The highest BCUT2D eigenvalue weighted by Crippen LogP contribution is 2.23. The number of morpholine rings is 1. The predicted molar refractivity (Wildman–Crippen MR) is 111 cm³/mol. The van der Waals surface area contributed by atoms with Crippen molar-refractivity contribution in [2.75, 3.05) is 39.9 Å². The summed E-state index contributed by atoms with van der Waals surface area (Å²) in [4.78, 5) is 6.74. The van der Waals surface area contributed by atoms with Gasteiger partial charge in [0.15, 0.2) is 5.96 Å². The van der Waals surface area contributed by atoms with Crippen LogP contribution in [0.5, 0.6) is 0 Å². The van der Waals surface area contributed by atoms with E-state index in [-0.39, 0.29) is 36.2 Å². The Kier molecular flexibility index (Phi) is 8.15. The summed E-state index contributed by atoms with van der Waals surface area (Å²) in [7, 11) is 1.83. The Morgan fingerprint density at radius 3 is 2.69 bits per heavy atom. The van der Waals surface area contributed by atoms with E-state index in [1.54, 1.807) is 0 Å². The molecule has 3 heterocycles. The van der Waals surface area contributed by atoms with Crippen molar-refractivity contribution in [2.45, 2.75) is 51.7 Å². The van der Waals surface area contributed by atoms with E-state index in [0.717, 1.165) is 56.5 Å². The summed E-state index contributed by atoms with van der Waals surface area (Å²) in [5, 5.41) is 7.56. The summed E-state index contributed by atoms with van der Waals surface area (Å²) in [6, 6.07) is 0. The van der Waals surface area contributed by atoms with E-state index in [2.05, 4.69) is 27.3 Å². The van der Waals surface area contributed by atoms with Crippen LogP contribution in [0.15, 0.2) is 9.52 Å². The minimum atomic E-state index is 0. The zero-order valence-electron chi connectivity index (χ0n) is 16.2. The van der Waals surface area contributed by atoms with Crippen LogP contribution in [0.1, 0.15) is 42.7 Å². The SMILES string of the molecule is CN=C(NCC(C)c1c(C)noc1C)N1CCOC(C2CCCO2)C1.I. The Morgan fingerprint density at radius 2 is 2.08 bits per heavy atom. The molecule has 3 atom stereocenters. The molecule has 0 radical (unpaired) electrons. The monoisotopic (exact) mass is 478 g/mol. The highest BCUT2D eigenvalue weighted by Gasteiger charge is 2.32. The third-order valence-electron chi connectivity index (χ3n) is 5.13. The maximum atomic E-state index is 5.93. The molecule has 0 spiro atoms. The lowest BCUT2D eigenvalue weighted by molar-refractivity contribution is -0.0817. The van der Waals surface area contributed by atoms with Gasteiger partial charge in [0.2, 0.25) is 0 Å². The molecule has 2 saturated heterocycles. The van der Waals surface area contributed by atoms with Gasteiger partial charge in [-0.15, -0.1) is 24.0 Å². The number of aryl methyl sites for hydroxylation is 2. The maximum Gasteiger partial charge on any atom is 0.193 e. The van der Waals surface area contributed by atoms with Crippen molar-refractivity contribution >= 4 is 29.9 Å². The largest absolute Gasteiger partial charge is 0.375 e. The number of guanidine groups is 1. The molecule has 0 bridgehead atoms. The molecule has 148 valence electrons. The number of nitrogens with zero attached hydrogens (tertiary/aromatic N) is 3. The summed E-state index contributed by atoms with van der Waals surface area (Å²) in [6.07, 6.45) is 2.58. The molecule has 0 amide bonds. The molecule has 0 saturated carbocycles. The van der Waals surface area contributed by atoms with E-state index >= 15 is 0 Å². The number of hydrogen-bond acceptors (Lipinski definition) is 5. The molecule has 1 aromatic rings. The first-order chi connectivity index (χ1) is 12.1. The normalized spacial score (nSPS) is 25.1. The highest BCUT2D eigenvalue weighted by atomic mass is 127. The van der Waals surface area contributed by atoms with Gasteiger partial charge in [-0.25, -0.2) is 0 Å². The van der Waals surface area contributed by atoms with Crippen LogP contribution in [-0.2, 0) is 9.47 Å². The fourth-order valence-corrected chi connectivity index (χ4v) is 3.86. The van der Waals surface area contributed by atoms with Gasteiger partial charge in [0.25, 0.3) is 0 Å². The Balaban J connectivity index is 0.00000243. The number of aliphatic imine (C=N–C) groups is 1. The van der Waals surface area contributed by atoms with Crippen LogP contribution in [0.2, 0.25) is 0 Å². The van der Waals surface area contributed by atoms with E-state index in [0.29, 0.717) is 12.5 Å². The Labute approximate surface area is 172 Å². The van der Waals surface area contributed by atoms with Gasteiger partial charge < -0.3 is 24.2 Å². The molecule has 1 aromatic heterocycles. The molecule has 8 heteroatoms. The third kappa shape index (κ3) is 4.89. The second kappa shape index (κ2) is 9.89. The molecular formula is C18H31IN4O3. The molecule has 1 N–H and O–H groups in total. The van der Waals surface area contributed by atoms with Gasteiger partial charge >= 0.3 is 0 Å². The minimum absolute atomic E-state index is 0. The van der Waals surface area contributed by atoms with Crippen LogP contribution >= 0.6 is 24.0 Å². The van der Waals surface area contributed by atoms with Gasteiger partial charge in [-0.3, -0.25) is 4.99 Å². The number of ether oxygens (including phenoxy) is 2. The molecule has 2 fully saturated rings. The van der Waals surface area contributed by atoms with Gasteiger partial charge in [0.1, 0.15) is 11.9 Å². The van der Waals surface area contributed by atoms with E-state index in [9.17, 15) is 0 Å². The van der Waals surface area contributed by atoms with Crippen LogP contribution in [0.4, 0.5) is 0 Å². The number of hydrogen-bond donors (Lipinski definition) is 1. The third-order valence-corrected chi connectivity index (χ3v) is 5.13. The Hall–Kier alpha value is -0.870. The molecule has 2 aliphatic heterocycles. The van der Waals surface area contributed by atoms with Crippen molar-refractivity contribution in [3.05, 3.63) is 17.0 Å². The molecule has 0 aromatic carbocycles. The molecule has 2 aliphatic rings. The number of nitrogens with one attached hydrogen (secondary N) is 1. The number of aromatic nitrogens is 1. The van der Waals surface area contributed by atoms with Crippen molar-refractivity contribution in [3.8, 4) is 0 Å². The van der Waals surface area contributed by atoms with Gasteiger partial charge in [-0.2, -0.15) is 0 Å². The Morgan fingerprint density at radius 1 is 1.31 bits per heavy atom. The summed E-state index contributed by atoms with van der Waals surface area (Å²) in [6.45, 7) is 10.2. The summed E-state index contributed by atoms with van der Waals surface area (Å²) in [5.74, 6) is 2.12. The second-order valence-electron chi connectivity index (χ2n) is 6.97. The van der Waals surface area contributed by atoms with Crippen LogP contribution < -0.4 is 5.32 Å². The lowest BCUT2D eigenvalue weighted by Crippen LogP contribution is -2.53. The Bertz CT molecular complexity index is 582. The standard InChI is InChI=1S/C18H30N4O3.HI/c1-12(17-13(2)21-25-14(17)3)10-20-18(19-4)22-7-9-24-16(11-22)15-6-5-8-23-15;/h12,15-16H,5-11H2,1-4H3,(H,19,20);1H. The van der Waals surface area contributed by atoms with Crippen LogP contribution in [-0.4, -0.2) is 68.1 Å². The predicted octanol–water partition coefficient (Wildman–Crippen LogP) is 2.47. The topological polar surface area (TPSA) is 72.1 Å². The fourth-order valence-electron chi connectivity index (χ4n) is 3.86. The average molecular weight is 478 g/mol. The molecule has 7 nitrogen and oxygen atoms in total. The van der Waals surface area contributed by atoms with Crippen LogP contribution in [0, 0.1) is 13.8 Å². The van der Waals surface area contributed by atoms with Crippen LogP contribution in [0.25, 0.3) is 0 Å². The summed E-state index contributed by atoms with van der Waals surface area (Å²) < 4.78 is 17.0. The maximum absolute atomic E-state index is 5.93. The van der Waals surface area contributed by atoms with E-state index < -0.39 is 0 Å². The average Bonchev–Trinajstić information content (AvgIpc) is 3.26. The first kappa shape index (κ1) is 21.4. The first-order valence-corrected chi connectivity index (χ1v) is 9.21. The summed E-state index contributed by atoms with van der Waals surface area (Å²) >= 11 is 0. The van der Waals surface area contributed by atoms with Crippen molar-refractivity contribution in [1.29, 1.82) is 0 Å². The first-order valence-electron chi connectivity index (χ1n) is 9.21. The van der Waals surface area contributed by atoms with Gasteiger partial charge in [-0.05, 0) is 26.7 Å². The van der Waals surface area contributed by atoms with Gasteiger partial charge in [0, 0.05) is 44.8 Å². The summed E-state index contributed by atoms with van der Waals surface area (Å²) in [5.41, 5.74) is 2.15. The number of halogens is 1. The van der Waals surface area contributed by atoms with E-state index in [4.69, 9.17) is 14.0 Å². The molecular weight excluding hydrogens is 447 g/mol. The quantitative estimate of drug-likeness (QED) is 0.408. The smallest absolute Gasteiger partial charge is 0.193 e. The lowest BCUT2D eigenvalue weighted by Gasteiger charge is -2.37. The van der Waals surface area contributed by atoms with Crippen molar-refractivity contribution in [1.82, 2.24) is 15.4 Å². The van der Waals surface area contributed by atoms with Gasteiger partial charge in [-0.1, -0.05) is 12.1 Å². The van der Waals surface area contributed by atoms with Crippen molar-refractivity contribution in [2.24, 2.45) is 4.99 Å². The molecule has 0 aliphatic carbocycles. The second-order valence-corrected chi connectivity index (χ2v) is 6.97. The van der Waals surface area contributed by atoms with E-state index in [1.165, 1.54) is 5.56 Å².